The van der Waals surface area contributed by atoms with Crippen LogP contribution in [0, 0.1) is 5.92 Å². The standard InChI is InChI=1S/C8H14O2/c1-7(2)5-10-8(6-9)3-4-8/h6-7H,3-5H2,1-2H3. The molecule has 58 valence electrons. The van der Waals surface area contributed by atoms with Gasteiger partial charge in [0.15, 0.2) is 6.29 Å². The van der Waals surface area contributed by atoms with Gasteiger partial charge < -0.3 is 9.53 Å². The number of rotatable bonds is 4. The quantitative estimate of drug-likeness (QED) is 0.554. The highest BCUT2D eigenvalue weighted by Crippen LogP contribution is 2.37. The summed E-state index contributed by atoms with van der Waals surface area (Å²) in [4.78, 5) is 10.4. The van der Waals surface area contributed by atoms with Crippen molar-refractivity contribution in [2.24, 2.45) is 5.92 Å². The van der Waals surface area contributed by atoms with Crippen LogP contribution in [-0.4, -0.2) is 18.5 Å². The Kier molecular flexibility index (Phi) is 2.09. The van der Waals surface area contributed by atoms with Crippen LogP contribution in [0.4, 0.5) is 0 Å². The van der Waals surface area contributed by atoms with Gasteiger partial charge in [0.05, 0.1) is 6.61 Å². The molecule has 2 heteroatoms. The maximum Gasteiger partial charge on any atom is 0.151 e. The van der Waals surface area contributed by atoms with E-state index in [9.17, 15) is 4.79 Å². The van der Waals surface area contributed by atoms with Crippen molar-refractivity contribution in [3.8, 4) is 0 Å². The number of hydrogen-bond donors (Lipinski definition) is 0. The van der Waals surface area contributed by atoms with Gasteiger partial charge in [-0.25, -0.2) is 0 Å². The molecule has 0 spiro atoms. The summed E-state index contributed by atoms with van der Waals surface area (Å²) in [5.41, 5.74) is -0.357. The highest BCUT2D eigenvalue weighted by Gasteiger charge is 2.43. The van der Waals surface area contributed by atoms with Crippen LogP contribution in [0.25, 0.3) is 0 Å². The summed E-state index contributed by atoms with van der Waals surface area (Å²) < 4.78 is 5.38. The van der Waals surface area contributed by atoms with Gasteiger partial charge in [-0.3, -0.25) is 0 Å². The Morgan fingerprint density at radius 2 is 2.20 bits per heavy atom. The second kappa shape index (κ2) is 2.70. The minimum atomic E-state index is -0.357. The Balaban J connectivity index is 2.19. The van der Waals surface area contributed by atoms with Crippen molar-refractivity contribution in [1.29, 1.82) is 0 Å². The van der Waals surface area contributed by atoms with Crippen molar-refractivity contribution >= 4 is 6.29 Å². The Bertz CT molecular complexity index is 125. The van der Waals surface area contributed by atoms with Gasteiger partial charge in [-0.15, -0.1) is 0 Å². The van der Waals surface area contributed by atoms with Crippen molar-refractivity contribution in [2.75, 3.05) is 6.61 Å². The number of ether oxygens (including phenoxy) is 1. The first-order valence-corrected chi connectivity index (χ1v) is 3.79. The molecule has 0 amide bonds. The van der Waals surface area contributed by atoms with Gasteiger partial charge in [0.1, 0.15) is 5.60 Å². The van der Waals surface area contributed by atoms with Gasteiger partial charge in [-0.05, 0) is 18.8 Å². The third-order valence-corrected chi connectivity index (χ3v) is 1.66. The average Bonchev–Trinajstić information content (AvgIpc) is 2.64. The zero-order valence-electron chi connectivity index (χ0n) is 6.59. The first kappa shape index (κ1) is 7.73. The molecule has 0 heterocycles. The van der Waals surface area contributed by atoms with Gasteiger partial charge >= 0.3 is 0 Å². The van der Waals surface area contributed by atoms with Crippen LogP contribution in [0.15, 0.2) is 0 Å². The molecule has 0 aromatic heterocycles. The Morgan fingerprint density at radius 3 is 2.50 bits per heavy atom. The predicted octanol–water partition coefficient (Wildman–Crippen LogP) is 1.39. The minimum Gasteiger partial charge on any atom is -0.367 e. The fraction of sp³-hybridized carbons (Fsp3) is 0.875. The van der Waals surface area contributed by atoms with Crippen LogP contribution in [0.3, 0.4) is 0 Å². The number of hydrogen-bond acceptors (Lipinski definition) is 2. The van der Waals surface area contributed by atoms with E-state index < -0.39 is 0 Å². The lowest BCUT2D eigenvalue weighted by molar-refractivity contribution is -0.121. The summed E-state index contributed by atoms with van der Waals surface area (Å²) in [5, 5.41) is 0. The zero-order valence-corrected chi connectivity index (χ0v) is 6.59. The normalized spacial score (nSPS) is 21.1. The third kappa shape index (κ3) is 1.81. The molecule has 0 aliphatic heterocycles. The first-order valence-electron chi connectivity index (χ1n) is 3.79. The summed E-state index contributed by atoms with van der Waals surface area (Å²) in [6, 6.07) is 0. The molecule has 0 bridgehead atoms. The number of aldehydes is 1. The van der Waals surface area contributed by atoms with Gasteiger partial charge in [-0.2, -0.15) is 0 Å². The van der Waals surface area contributed by atoms with Gasteiger partial charge in [0, 0.05) is 0 Å². The van der Waals surface area contributed by atoms with Crippen LogP contribution in [0.1, 0.15) is 26.7 Å². The molecule has 0 atom stereocenters. The van der Waals surface area contributed by atoms with Crippen LogP contribution in [0.5, 0.6) is 0 Å². The Labute approximate surface area is 61.6 Å². The van der Waals surface area contributed by atoms with E-state index in [0.29, 0.717) is 12.5 Å². The van der Waals surface area contributed by atoms with Gasteiger partial charge in [0.25, 0.3) is 0 Å². The van der Waals surface area contributed by atoms with E-state index in [2.05, 4.69) is 13.8 Å². The molecule has 0 N–H and O–H groups in total. The summed E-state index contributed by atoms with van der Waals surface area (Å²) in [6.07, 6.45) is 2.78. The lowest BCUT2D eigenvalue weighted by Crippen LogP contribution is -2.18. The zero-order chi connectivity index (χ0) is 7.61. The van der Waals surface area contributed by atoms with Crippen molar-refractivity contribution in [3.05, 3.63) is 0 Å². The topological polar surface area (TPSA) is 26.3 Å². The smallest absolute Gasteiger partial charge is 0.151 e. The molecule has 0 saturated heterocycles. The molecular weight excluding hydrogens is 128 g/mol. The van der Waals surface area contributed by atoms with Gasteiger partial charge in [-0.1, -0.05) is 13.8 Å². The summed E-state index contributed by atoms with van der Waals surface area (Å²) >= 11 is 0. The van der Waals surface area contributed by atoms with Crippen molar-refractivity contribution in [3.63, 3.8) is 0 Å². The molecule has 0 aromatic rings. The van der Waals surface area contributed by atoms with Crippen molar-refractivity contribution < 1.29 is 9.53 Å². The van der Waals surface area contributed by atoms with E-state index in [-0.39, 0.29) is 5.60 Å². The maximum atomic E-state index is 10.4. The summed E-state index contributed by atoms with van der Waals surface area (Å²) in [6.45, 7) is 4.88. The van der Waals surface area contributed by atoms with Crippen molar-refractivity contribution in [1.82, 2.24) is 0 Å². The summed E-state index contributed by atoms with van der Waals surface area (Å²) in [7, 11) is 0. The Hall–Kier alpha value is -0.370. The largest absolute Gasteiger partial charge is 0.367 e. The van der Waals surface area contributed by atoms with E-state index >= 15 is 0 Å². The van der Waals surface area contributed by atoms with Crippen LogP contribution in [0.2, 0.25) is 0 Å². The molecule has 1 saturated carbocycles. The average molecular weight is 142 g/mol. The molecule has 0 radical (unpaired) electrons. The monoisotopic (exact) mass is 142 g/mol. The molecule has 0 aromatic carbocycles. The molecule has 2 nitrogen and oxygen atoms in total. The predicted molar refractivity (Wildman–Crippen MR) is 38.8 cm³/mol. The summed E-state index contributed by atoms with van der Waals surface area (Å²) in [5.74, 6) is 0.525. The molecule has 0 unspecified atom stereocenters. The lowest BCUT2D eigenvalue weighted by atomic mass is 10.2. The van der Waals surface area contributed by atoms with E-state index in [1.807, 2.05) is 0 Å². The first-order chi connectivity index (χ1) is 4.68. The molecule has 1 aliphatic rings. The van der Waals surface area contributed by atoms with Crippen molar-refractivity contribution in [2.45, 2.75) is 32.3 Å². The second-order valence-electron chi connectivity index (χ2n) is 3.39. The number of carbonyl (C=O) groups excluding carboxylic acids is 1. The molecule has 1 fully saturated rings. The number of carbonyl (C=O) groups is 1. The molecular formula is C8H14O2. The van der Waals surface area contributed by atoms with E-state index in [1.54, 1.807) is 0 Å². The molecule has 1 rings (SSSR count). The SMILES string of the molecule is CC(C)COC1(C=O)CC1. The van der Waals surface area contributed by atoms with E-state index in [4.69, 9.17) is 4.74 Å². The van der Waals surface area contributed by atoms with E-state index in [1.165, 1.54) is 0 Å². The highest BCUT2D eigenvalue weighted by molar-refractivity contribution is 5.66. The third-order valence-electron chi connectivity index (χ3n) is 1.66. The lowest BCUT2D eigenvalue weighted by Gasteiger charge is -2.10. The van der Waals surface area contributed by atoms with Crippen LogP contribution < -0.4 is 0 Å². The highest BCUT2D eigenvalue weighted by atomic mass is 16.5. The second-order valence-corrected chi connectivity index (χ2v) is 3.39. The Morgan fingerprint density at radius 1 is 1.60 bits per heavy atom. The minimum absolute atomic E-state index is 0.357. The van der Waals surface area contributed by atoms with Crippen LogP contribution in [-0.2, 0) is 9.53 Å². The fourth-order valence-corrected chi connectivity index (χ4v) is 0.752. The maximum absolute atomic E-state index is 10.4. The van der Waals surface area contributed by atoms with E-state index in [0.717, 1.165) is 19.1 Å². The van der Waals surface area contributed by atoms with Gasteiger partial charge in [0.2, 0.25) is 0 Å². The fourth-order valence-electron chi connectivity index (χ4n) is 0.752. The molecule has 10 heavy (non-hydrogen) atoms. The van der Waals surface area contributed by atoms with Crippen LogP contribution >= 0.6 is 0 Å². The molecule has 1 aliphatic carbocycles.